The van der Waals surface area contributed by atoms with Crippen LogP contribution >= 0.6 is 0 Å². The van der Waals surface area contributed by atoms with Crippen LogP contribution in [-0.4, -0.2) is 0 Å². The van der Waals surface area contributed by atoms with Crippen molar-refractivity contribution in [3.05, 3.63) is 12.2 Å². The van der Waals surface area contributed by atoms with E-state index in [2.05, 4.69) is 19.1 Å². The minimum Gasteiger partial charge on any atom is -0.0848 e. The molecule has 0 heterocycles. The molecule has 66 valence electrons. The fourth-order valence-corrected chi connectivity index (χ4v) is 4.06. The molecule has 0 aliphatic heterocycles. The molecule has 0 amide bonds. The Labute approximate surface area is 75.0 Å². The summed E-state index contributed by atoms with van der Waals surface area (Å²) < 4.78 is 0. The molecule has 2 bridgehead atoms. The molecule has 12 heavy (non-hydrogen) atoms. The maximum Gasteiger partial charge on any atom is -0.0171 e. The molecule has 0 aromatic rings. The largest absolute Gasteiger partial charge is 0.0848 e. The summed E-state index contributed by atoms with van der Waals surface area (Å²) in [5.41, 5.74) is 0.720. The first-order chi connectivity index (χ1) is 5.81. The predicted octanol–water partition coefficient (Wildman–Crippen LogP) is 3.39. The lowest BCUT2D eigenvalue weighted by Crippen LogP contribution is -2.34. The summed E-state index contributed by atoms with van der Waals surface area (Å²) in [6.07, 6.45) is 12.5. The van der Waals surface area contributed by atoms with Gasteiger partial charge in [0.15, 0.2) is 0 Å². The zero-order valence-corrected chi connectivity index (χ0v) is 7.92. The van der Waals surface area contributed by atoms with E-state index in [9.17, 15) is 0 Å². The van der Waals surface area contributed by atoms with E-state index in [4.69, 9.17) is 0 Å². The minimum atomic E-state index is 0.720. The molecule has 0 saturated heterocycles. The zero-order valence-electron chi connectivity index (χ0n) is 7.92. The third kappa shape index (κ3) is 0.694. The summed E-state index contributed by atoms with van der Waals surface area (Å²) in [7, 11) is 0. The lowest BCUT2D eigenvalue weighted by molar-refractivity contribution is 0.102. The van der Waals surface area contributed by atoms with Gasteiger partial charge in [-0.05, 0) is 42.4 Å². The monoisotopic (exact) mass is 162 g/mol. The molecule has 4 atom stereocenters. The SMILES string of the molecule is CC12CCCCC1C1C=CC2C1. The van der Waals surface area contributed by atoms with Gasteiger partial charge in [-0.3, -0.25) is 0 Å². The predicted molar refractivity (Wildman–Crippen MR) is 50.8 cm³/mol. The smallest absolute Gasteiger partial charge is 0.0171 e. The van der Waals surface area contributed by atoms with Crippen molar-refractivity contribution >= 4 is 0 Å². The van der Waals surface area contributed by atoms with Crippen molar-refractivity contribution in [2.24, 2.45) is 23.2 Å². The van der Waals surface area contributed by atoms with Crippen molar-refractivity contribution in [2.45, 2.75) is 39.0 Å². The number of allylic oxidation sites excluding steroid dienone is 2. The molecule has 0 nitrogen and oxygen atoms in total. The van der Waals surface area contributed by atoms with E-state index in [1.165, 1.54) is 32.1 Å². The van der Waals surface area contributed by atoms with Crippen LogP contribution in [0.3, 0.4) is 0 Å². The van der Waals surface area contributed by atoms with Crippen LogP contribution < -0.4 is 0 Å². The average Bonchev–Trinajstić information content (AvgIpc) is 2.62. The molecule has 0 aromatic heterocycles. The number of hydrogen-bond acceptors (Lipinski definition) is 0. The van der Waals surface area contributed by atoms with Gasteiger partial charge < -0.3 is 0 Å². The first-order valence-electron chi connectivity index (χ1n) is 5.49. The molecule has 0 aromatic carbocycles. The van der Waals surface area contributed by atoms with E-state index in [-0.39, 0.29) is 0 Å². The number of fused-ring (bicyclic) bond motifs is 5. The van der Waals surface area contributed by atoms with Crippen LogP contribution in [0.1, 0.15) is 39.0 Å². The highest BCUT2D eigenvalue weighted by Crippen LogP contribution is 2.61. The van der Waals surface area contributed by atoms with Crippen LogP contribution in [-0.2, 0) is 0 Å². The number of rotatable bonds is 0. The minimum absolute atomic E-state index is 0.720. The molecule has 3 aliphatic rings. The molecule has 0 heteroatoms. The quantitative estimate of drug-likeness (QED) is 0.479. The summed E-state index contributed by atoms with van der Waals surface area (Å²) in [4.78, 5) is 0. The van der Waals surface area contributed by atoms with Gasteiger partial charge in [-0.15, -0.1) is 0 Å². The van der Waals surface area contributed by atoms with Crippen molar-refractivity contribution in [2.75, 3.05) is 0 Å². The third-order valence-electron chi connectivity index (χ3n) is 4.81. The highest BCUT2D eigenvalue weighted by atomic mass is 14.6. The molecule has 3 rings (SSSR count). The van der Waals surface area contributed by atoms with Gasteiger partial charge >= 0.3 is 0 Å². The fraction of sp³-hybridized carbons (Fsp3) is 0.833. The summed E-state index contributed by atoms with van der Waals surface area (Å²) in [6.45, 7) is 2.55. The fourth-order valence-electron chi connectivity index (χ4n) is 4.06. The standard InChI is InChI=1S/C12H18/c1-12-7-3-2-4-11(12)9-5-6-10(12)8-9/h5-6,9-11H,2-4,7-8H2,1H3. The highest BCUT2D eigenvalue weighted by molar-refractivity contribution is 5.18. The molecule has 0 radical (unpaired) electrons. The number of hydrogen-bond donors (Lipinski definition) is 0. The molecule has 2 fully saturated rings. The first kappa shape index (κ1) is 7.17. The van der Waals surface area contributed by atoms with Gasteiger partial charge in [-0.1, -0.05) is 31.9 Å². The van der Waals surface area contributed by atoms with Gasteiger partial charge in [-0.2, -0.15) is 0 Å². The van der Waals surface area contributed by atoms with Crippen LogP contribution in [0, 0.1) is 23.2 Å². The summed E-state index contributed by atoms with van der Waals surface area (Å²) >= 11 is 0. The second kappa shape index (κ2) is 2.16. The van der Waals surface area contributed by atoms with Gasteiger partial charge in [0, 0.05) is 0 Å². The summed E-state index contributed by atoms with van der Waals surface area (Å²) in [6, 6.07) is 0. The topological polar surface area (TPSA) is 0 Å². The molecular weight excluding hydrogens is 144 g/mol. The van der Waals surface area contributed by atoms with Crippen LogP contribution in [0.4, 0.5) is 0 Å². The van der Waals surface area contributed by atoms with E-state index < -0.39 is 0 Å². The maximum absolute atomic E-state index is 2.55. The Balaban J connectivity index is 1.99. The lowest BCUT2D eigenvalue weighted by atomic mass is 9.62. The van der Waals surface area contributed by atoms with Crippen molar-refractivity contribution in [3.63, 3.8) is 0 Å². The van der Waals surface area contributed by atoms with E-state index in [1.807, 2.05) is 0 Å². The van der Waals surface area contributed by atoms with E-state index in [0.717, 1.165) is 23.2 Å². The van der Waals surface area contributed by atoms with Gasteiger partial charge in [0.05, 0.1) is 0 Å². The van der Waals surface area contributed by atoms with Crippen LogP contribution in [0.25, 0.3) is 0 Å². The second-order valence-electron chi connectivity index (χ2n) is 5.25. The van der Waals surface area contributed by atoms with Crippen LogP contribution in [0.15, 0.2) is 12.2 Å². The zero-order chi connectivity index (χ0) is 8.18. The first-order valence-corrected chi connectivity index (χ1v) is 5.49. The Morgan fingerprint density at radius 2 is 2.17 bits per heavy atom. The van der Waals surface area contributed by atoms with Gasteiger partial charge in [0.1, 0.15) is 0 Å². The van der Waals surface area contributed by atoms with Crippen LogP contribution in [0.5, 0.6) is 0 Å². The van der Waals surface area contributed by atoms with Gasteiger partial charge in [0.2, 0.25) is 0 Å². The van der Waals surface area contributed by atoms with Gasteiger partial charge in [0.25, 0.3) is 0 Å². The molecular formula is C12H18. The Morgan fingerprint density at radius 1 is 1.25 bits per heavy atom. The molecule has 4 unspecified atom stereocenters. The molecule has 0 spiro atoms. The van der Waals surface area contributed by atoms with Crippen molar-refractivity contribution in [1.82, 2.24) is 0 Å². The highest BCUT2D eigenvalue weighted by Gasteiger charge is 2.52. The Morgan fingerprint density at radius 3 is 3.00 bits per heavy atom. The van der Waals surface area contributed by atoms with E-state index >= 15 is 0 Å². The maximum atomic E-state index is 2.55. The molecule has 2 saturated carbocycles. The van der Waals surface area contributed by atoms with Crippen molar-refractivity contribution < 1.29 is 0 Å². The van der Waals surface area contributed by atoms with E-state index in [0.29, 0.717) is 0 Å². The van der Waals surface area contributed by atoms with Crippen LogP contribution in [0.2, 0.25) is 0 Å². The Hall–Kier alpha value is -0.260. The molecule has 0 N–H and O–H groups in total. The second-order valence-corrected chi connectivity index (χ2v) is 5.25. The molecule has 3 aliphatic carbocycles. The summed E-state index contributed by atoms with van der Waals surface area (Å²) in [5, 5.41) is 0. The Kier molecular flexibility index (Phi) is 1.29. The lowest BCUT2D eigenvalue weighted by Gasteiger charge is -2.42. The van der Waals surface area contributed by atoms with Crippen molar-refractivity contribution in [1.29, 1.82) is 0 Å². The normalized spacial score (nSPS) is 55.9. The van der Waals surface area contributed by atoms with E-state index in [1.54, 1.807) is 0 Å². The Bertz CT molecular complexity index is 228. The van der Waals surface area contributed by atoms with Gasteiger partial charge in [-0.25, -0.2) is 0 Å². The third-order valence-corrected chi connectivity index (χ3v) is 4.81. The summed E-state index contributed by atoms with van der Waals surface area (Å²) in [5.74, 6) is 2.98. The average molecular weight is 162 g/mol. The van der Waals surface area contributed by atoms with Crippen molar-refractivity contribution in [3.8, 4) is 0 Å².